The number of hydrogen-bond acceptors (Lipinski definition) is 4. The van der Waals surface area contributed by atoms with E-state index >= 15 is 0 Å². The number of nitrogens with zero attached hydrogens (tertiary/aromatic N) is 2. The molecule has 2 aromatic carbocycles. The Morgan fingerprint density at radius 3 is 2.80 bits per heavy atom. The first-order chi connectivity index (χ1) is 11.5. The third-order valence-corrected chi connectivity index (χ3v) is 4.60. The van der Waals surface area contributed by atoms with Crippen molar-refractivity contribution in [2.75, 3.05) is 0 Å². The van der Waals surface area contributed by atoms with Crippen molar-refractivity contribution in [3.05, 3.63) is 58.2 Å². The molecule has 1 aliphatic carbocycles. The van der Waals surface area contributed by atoms with E-state index in [1.54, 1.807) is 13.0 Å². The minimum atomic E-state index is -0.476. The van der Waals surface area contributed by atoms with Gasteiger partial charge >= 0.3 is 0 Å². The highest BCUT2D eigenvalue weighted by molar-refractivity contribution is 7.59. The Kier molecular flexibility index (Phi) is 4.86. The zero-order valence-electron chi connectivity index (χ0n) is 13.5. The third kappa shape index (κ3) is 3.17. The second-order valence-corrected chi connectivity index (χ2v) is 6.44. The van der Waals surface area contributed by atoms with Crippen LogP contribution >= 0.6 is 25.1 Å². The summed E-state index contributed by atoms with van der Waals surface area (Å²) in [6.07, 6.45) is 1.85. The molecule has 0 spiro atoms. The standard InChI is InChI=1S/C18H15ClFN3O.H2S/c1-9-22-18(23-24-9)17-14(7-12(19)8-15(17)20)11-2-4-13-10(6-11)3-5-16(13)21;/h2,4,6-8,16H,3,5,21H2,1H3;1H2/t16-;/m0./s1. The van der Waals surface area contributed by atoms with E-state index < -0.39 is 5.82 Å². The number of fused-ring (bicyclic) bond motifs is 1. The van der Waals surface area contributed by atoms with Gasteiger partial charge in [-0.1, -0.05) is 35.0 Å². The van der Waals surface area contributed by atoms with Crippen molar-refractivity contribution >= 4 is 25.1 Å². The van der Waals surface area contributed by atoms with E-state index in [1.165, 1.54) is 11.6 Å². The van der Waals surface area contributed by atoms with Crippen LogP contribution in [0.2, 0.25) is 5.02 Å². The van der Waals surface area contributed by atoms with Crippen LogP contribution in [0.3, 0.4) is 0 Å². The molecule has 0 radical (unpaired) electrons. The summed E-state index contributed by atoms with van der Waals surface area (Å²) < 4.78 is 19.6. The van der Waals surface area contributed by atoms with Gasteiger partial charge in [-0.3, -0.25) is 0 Å². The molecule has 2 N–H and O–H groups in total. The molecule has 4 nitrogen and oxygen atoms in total. The van der Waals surface area contributed by atoms with Crippen LogP contribution in [0.5, 0.6) is 0 Å². The van der Waals surface area contributed by atoms with Gasteiger partial charge in [0.25, 0.3) is 0 Å². The maximum Gasteiger partial charge on any atom is 0.223 e. The van der Waals surface area contributed by atoms with Gasteiger partial charge in [0.2, 0.25) is 11.7 Å². The lowest BCUT2D eigenvalue weighted by Gasteiger charge is -2.11. The van der Waals surface area contributed by atoms with Crippen LogP contribution in [0.15, 0.2) is 34.9 Å². The predicted molar refractivity (Wildman–Crippen MR) is 101 cm³/mol. The summed E-state index contributed by atoms with van der Waals surface area (Å²) in [6.45, 7) is 1.67. The molecule has 0 aliphatic heterocycles. The van der Waals surface area contributed by atoms with Gasteiger partial charge in [0.15, 0.2) is 0 Å². The molecular weight excluding hydrogens is 361 g/mol. The predicted octanol–water partition coefficient (Wildman–Crippen LogP) is 4.56. The average molecular weight is 378 g/mol. The molecule has 0 saturated heterocycles. The fraction of sp³-hybridized carbons (Fsp3) is 0.222. The molecule has 4 rings (SSSR count). The lowest BCUT2D eigenvalue weighted by molar-refractivity contribution is 0.394. The van der Waals surface area contributed by atoms with E-state index in [-0.39, 0.29) is 25.4 Å². The number of aryl methyl sites for hydroxylation is 2. The Labute approximate surface area is 156 Å². The number of nitrogens with two attached hydrogens (primary N) is 1. The molecule has 0 fully saturated rings. The van der Waals surface area contributed by atoms with Crippen molar-refractivity contribution < 1.29 is 8.91 Å². The van der Waals surface area contributed by atoms with Crippen LogP contribution in [0.4, 0.5) is 4.39 Å². The fourth-order valence-corrected chi connectivity index (χ4v) is 3.45. The van der Waals surface area contributed by atoms with Gasteiger partial charge in [-0.05, 0) is 47.2 Å². The number of halogens is 2. The Balaban J connectivity index is 0.00000182. The largest absolute Gasteiger partial charge is 0.339 e. The summed E-state index contributed by atoms with van der Waals surface area (Å²) >= 11 is 6.08. The van der Waals surface area contributed by atoms with Crippen LogP contribution < -0.4 is 5.73 Å². The molecule has 1 atom stereocenters. The molecule has 1 aliphatic rings. The third-order valence-electron chi connectivity index (χ3n) is 4.38. The monoisotopic (exact) mass is 377 g/mol. The summed E-state index contributed by atoms with van der Waals surface area (Å²) in [5.74, 6) is 0.120. The van der Waals surface area contributed by atoms with Crippen LogP contribution in [0.1, 0.15) is 29.5 Å². The molecule has 0 amide bonds. The van der Waals surface area contributed by atoms with Crippen LogP contribution in [-0.2, 0) is 6.42 Å². The van der Waals surface area contributed by atoms with Gasteiger partial charge in [0.1, 0.15) is 5.82 Å². The van der Waals surface area contributed by atoms with Crippen molar-refractivity contribution in [1.29, 1.82) is 0 Å². The number of benzene rings is 2. The van der Waals surface area contributed by atoms with Gasteiger partial charge in [0, 0.05) is 18.0 Å². The Bertz CT molecular complexity index is 944. The van der Waals surface area contributed by atoms with E-state index in [1.807, 2.05) is 18.2 Å². The van der Waals surface area contributed by atoms with Gasteiger partial charge in [-0.25, -0.2) is 4.39 Å². The summed E-state index contributed by atoms with van der Waals surface area (Å²) in [4.78, 5) is 4.16. The fourth-order valence-electron chi connectivity index (χ4n) is 3.25. The molecule has 7 heteroatoms. The topological polar surface area (TPSA) is 64.9 Å². The van der Waals surface area contributed by atoms with E-state index in [0.717, 1.165) is 24.0 Å². The second-order valence-electron chi connectivity index (χ2n) is 6.01. The molecule has 130 valence electrons. The molecular formula is C18H17ClFN3OS. The average Bonchev–Trinajstić information content (AvgIpc) is 3.13. The molecule has 0 bridgehead atoms. The zero-order valence-corrected chi connectivity index (χ0v) is 15.3. The summed E-state index contributed by atoms with van der Waals surface area (Å²) in [7, 11) is 0. The molecule has 3 aromatic rings. The van der Waals surface area contributed by atoms with Crippen molar-refractivity contribution in [1.82, 2.24) is 10.1 Å². The molecule has 0 saturated carbocycles. The Morgan fingerprint density at radius 1 is 1.28 bits per heavy atom. The van der Waals surface area contributed by atoms with E-state index in [0.29, 0.717) is 22.0 Å². The number of aromatic nitrogens is 2. The lowest BCUT2D eigenvalue weighted by Crippen LogP contribution is -2.04. The van der Waals surface area contributed by atoms with E-state index in [4.69, 9.17) is 21.9 Å². The Morgan fingerprint density at radius 2 is 2.08 bits per heavy atom. The number of hydrogen-bond donors (Lipinski definition) is 1. The van der Waals surface area contributed by atoms with Crippen molar-refractivity contribution in [2.24, 2.45) is 5.73 Å². The smallest absolute Gasteiger partial charge is 0.223 e. The highest BCUT2D eigenvalue weighted by Gasteiger charge is 2.22. The highest BCUT2D eigenvalue weighted by atomic mass is 35.5. The molecule has 1 heterocycles. The second kappa shape index (κ2) is 6.78. The first kappa shape index (κ1) is 17.9. The van der Waals surface area contributed by atoms with Gasteiger partial charge < -0.3 is 10.3 Å². The number of rotatable bonds is 2. The van der Waals surface area contributed by atoms with Crippen LogP contribution in [-0.4, -0.2) is 10.1 Å². The maximum absolute atomic E-state index is 14.6. The van der Waals surface area contributed by atoms with E-state index in [9.17, 15) is 4.39 Å². The van der Waals surface area contributed by atoms with Crippen LogP contribution in [0.25, 0.3) is 22.5 Å². The zero-order chi connectivity index (χ0) is 16.8. The minimum Gasteiger partial charge on any atom is -0.339 e. The van der Waals surface area contributed by atoms with Crippen molar-refractivity contribution in [2.45, 2.75) is 25.8 Å². The summed E-state index contributed by atoms with van der Waals surface area (Å²) in [5.41, 5.74) is 10.2. The SMILES string of the molecule is Cc1nc(-c2c(F)cc(Cl)cc2-c2ccc3c(c2)CC[C@@H]3N)no1.S. The first-order valence-electron chi connectivity index (χ1n) is 7.71. The highest BCUT2D eigenvalue weighted by Crippen LogP contribution is 2.38. The maximum atomic E-state index is 14.6. The molecule has 25 heavy (non-hydrogen) atoms. The van der Waals surface area contributed by atoms with Gasteiger partial charge in [-0.15, -0.1) is 0 Å². The summed E-state index contributed by atoms with van der Waals surface area (Å²) in [5, 5.41) is 4.18. The molecule has 0 unspecified atom stereocenters. The van der Waals surface area contributed by atoms with Gasteiger partial charge in [-0.2, -0.15) is 18.5 Å². The van der Waals surface area contributed by atoms with E-state index in [2.05, 4.69) is 10.1 Å². The molecule has 1 aromatic heterocycles. The van der Waals surface area contributed by atoms with Gasteiger partial charge in [0.05, 0.1) is 5.56 Å². The lowest BCUT2D eigenvalue weighted by atomic mass is 9.95. The normalized spacial score (nSPS) is 15.8. The summed E-state index contributed by atoms with van der Waals surface area (Å²) in [6, 6.07) is 9.05. The van der Waals surface area contributed by atoms with Crippen molar-refractivity contribution in [3.63, 3.8) is 0 Å². The quantitative estimate of drug-likeness (QED) is 0.710. The van der Waals surface area contributed by atoms with Crippen molar-refractivity contribution in [3.8, 4) is 22.5 Å². The van der Waals surface area contributed by atoms with Crippen LogP contribution in [0, 0.1) is 12.7 Å². The first-order valence-corrected chi connectivity index (χ1v) is 8.09. The minimum absolute atomic E-state index is 0. The Hall–Kier alpha value is -1.89.